The molecule has 1 aromatic rings. The topological polar surface area (TPSA) is 92.2 Å². The number of nitrogens with zero attached hydrogens (tertiary/aromatic N) is 1. The molecule has 0 spiro atoms. The summed E-state index contributed by atoms with van der Waals surface area (Å²) in [6.45, 7) is 7.24. The highest BCUT2D eigenvalue weighted by atomic mass is 35.7. The molecule has 0 aromatic heterocycles. The van der Waals surface area contributed by atoms with E-state index in [1.165, 1.54) is 29.6 Å². The maximum atomic E-state index is 8.49. The molecule has 1 aliphatic rings. The van der Waals surface area contributed by atoms with Crippen LogP contribution in [0, 0.1) is 10.2 Å². The Kier molecular flexibility index (Phi) is 4.95. The Morgan fingerprint density at radius 3 is 1.89 bits per heavy atom. The molecule has 1 fully saturated rings. The predicted molar refractivity (Wildman–Crippen MR) is 59.9 cm³/mol. The zero-order valence-corrected chi connectivity index (χ0v) is 12.2. The van der Waals surface area contributed by atoms with Crippen LogP contribution in [0.3, 0.4) is 0 Å². The number of benzene rings is 1. The SMILES string of the molecule is CC1(C)CC[N+]1(C)Cc1ccccc1.[O-][Cl+3]([O-])([O-])[O-]. The average Bonchev–Trinajstić information content (AvgIpc) is 2.26. The number of likely N-dealkylation sites (tertiary alicyclic amines) is 1. The van der Waals surface area contributed by atoms with Crippen LogP contribution in [-0.4, -0.2) is 23.6 Å². The summed E-state index contributed by atoms with van der Waals surface area (Å²) >= 11 is 0. The van der Waals surface area contributed by atoms with Gasteiger partial charge in [0.05, 0.1) is 25.6 Å². The third-order valence-electron chi connectivity index (χ3n) is 4.05. The van der Waals surface area contributed by atoms with Gasteiger partial charge in [0.15, 0.2) is 0 Å². The fraction of sp³-hybridized carbons (Fsp3) is 0.538. The highest BCUT2D eigenvalue weighted by Crippen LogP contribution is 2.38. The monoisotopic (exact) mass is 289 g/mol. The summed E-state index contributed by atoms with van der Waals surface area (Å²) in [5.74, 6) is 0. The van der Waals surface area contributed by atoms with Crippen LogP contribution in [-0.2, 0) is 6.54 Å². The van der Waals surface area contributed by atoms with E-state index in [4.69, 9.17) is 18.6 Å². The molecule has 1 unspecified atom stereocenters. The molecule has 5 nitrogen and oxygen atoms in total. The van der Waals surface area contributed by atoms with E-state index in [0.29, 0.717) is 5.54 Å². The second kappa shape index (κ2) is 5.75. The molecule has 1 saturated heterocycles. The second-order valence-electron chi connectivity index (χ2n) is 5.70. The first-order valence-electron chi connectivity index (χ1n) is 6.04. The van der Waals surface area contributed by atoms with Crippen LogP contribution in [0.5, 0.6) is 0 Å². The van der Waals surface area contributed by atoms with E-state index in [0.717, 1.165) is 0 Å². The van der Waals surface area contributed by atoms with E-state index >= 15 is 0 Å². The lowest BCUT2D eigenvalue weighted by Crippen LogP contribution is -2.68. The first kappa shape index (κ1) is 16.4. The Balaban J connectivity index is 0.000000312. The standard InChI is InChI=1S/C13H20N.ClHO4/c1-13(2)9-10-14(13,3)11-12-7-5-4-6-8-12;2-1(3,4)5/h4-8H,9-11H2,1-3H3;(H,2,3,4,5)/q+1;/p-1. The second-order valence-corrected chi connectivity index (χ2v) is 6.46. The van der Waals surface area contributed by atoms with E-state index in [9.17, 15) is 0 Å². The molecule has 0 N–H and O–H groups in total. The summed E-state index contributed by atoms with van der Waals surface area (Å²) in [5, 5.41) is 0. The van der Waals surface area contributed by atoms with Gasteiger partial charge in [0.25, 0.3) is 0 Å². The predicted octanol–water partition coefficient (Wildman–Crippen LogP) is -1.94. The van der Waals surface area contributed by atoms with Crippen molar-refractivity contribution in [3.05, 3.63) is 35.9 Å². The quantitative estimate of drug-likeness (QED) is 0.592. The van der Waals surface area contributed by atoms with Crippen LogP contribution < -0.4 is 18.6 Å². The number of hydrogen-bond acceptors (Lipinski definition) is 4. The Morgan fingerprint density at radius 1 is 1.11 bits per heavy atom. The minimum atomic E-state index is -4.94. The van der Waals surface area contributed by atoms with Crippen LogP contribution in [0.4, 0.5) is 0 Å². The van der Waals surface area contributed by atoms with Crippen molar-refractivity contribution in [2.24, 2.45) is 0 Å². The molecular weight excluding hydrogens is 270 g/mol. The third-order valence-corrected chi connectivity index (χ3v) is 4.05. The van der Waals surface area contributed by atoms with Crippen molar-refractivity contribution in [1.29, 1.82) is 0 Å². The number of hydrogen-bond donors (Lipinski definition) is 0. The molecule has 2 rings (SSSR count). The maximum Gasteiger partial charge on any atom is 0.105 e. The van der Waals surface area contributed by atoms with E-state index < -0.39 is 10.2 Å². The Morgan fingerprint density at radius 2 is 1.58 bits per heavy atom. The van der Waals surface area contributed by atoms with Gasteiger partial charge in [-0.25, -0.2) is 18.6 Å². The molecule has 0 radical (unpaired) electrons. The van der Waals surface area contributed by atoms with Crippen LogP contribution in [0.25, 0.3) is 0 Å². The van der Waals surface area contributed by atoms with E-state index in [2.05, 4.69) is 51.2 Å². The molecule has 0 bridgehead atoms. The fourth-order valence-corrected chi connectivity index (χ4v) is 2.22. The first-order chi connectivity index (χ1) is 8.54. The number of quaternary nitrogens is 1. The zero-order chi connectivity index (χ0) is 14.7. The Hall–Kier alpha value is -0.690. The summed E-state index contributed by atoms with van der Waals surface area (Å²) in [5.41, 5.74) is 1.93. The zero-order valence-electron chi connectivity index (χ0n) is 11.5. The van der Waals surface area contributed by atoms with E-state index in [1.807, 2.05) is 0 Å². The molecule has 1 aliphatic heterocycles. The van der Waals surface area contributed by atoms with Gasteiger partial charge in [-0.05, 0) is 13.8 Å². The normalized spacial score (nSPS) is 25.0. The van der Waals surface area contributed by atoms with Gasteiger partial charge in [-0.2, -0.15) is 0 Å². The van der Waals surface area contributed by atoms with Gasteiger partial charge >= 0.3 is 0 Å². The van der Waals surface area contributed by atoms with Gasteiger partial charge in [0, 0.05) is 5.56 Å². The maximum absolute atomic E-state index is 8.49. The smallest absolute Gasteiger partial charge is 0.105 e. The van der Waals surface area contributed by atoms with Crippen molar-refractivity contribution in [1.82, 2.24) is 0 Å². The first-order valence-corrected chi connectivity index (χ1v) is 7.27. The summed E-state index contributed by atoms with van der Waals surface area (Å²) in [6, 6.07) is 10.8. The molecule has 1 heterocycles. The van der Waals surface area contributed by atoms with Gasteiger partial charge in [-0.1, -0.05) is 30.3 Å². The summed E-state index contributed by atoms with van der Waals surface area (Å²) in [6.07, 6.45) is 1.36. The lowest BCUT2D eigenvalue weighted by molar-refractivity contribution is -2.00. The van der Waals surface area contributed by atoms with Gasteiger partial charge in [0.2, 0.25) is 0 Å². The van der Waals surface area contributed by atoms with Crippen molar-refractivity contribution in [3.63, 3.8) is 0 Å². The van der Waals surface area contributed by atoms with Crippen molar-refractivity contribution in [2.45, 2.75) is 32.4 Å². The van der Waals surface area contributed by atoms with Crippen LogP contribution in [0.2, 0.25) is 0 Å². The summed E-state index contributed by atoms with van der Waals surface area (Å²) < 4.78 is 35.2. The minimum Gasteiger partial charge on any atom is -0.318 e. The van der Waals surface area contributed by atoms with E-state index in [-0.39, 0.29) is 0 Å². The molecule has 19 heavy (non-hydrogen) atoms. The average molecular weight is 290 g/mol. The van der Waals surface area contributed by atoms with Gasteiger partial charge in [-0.3, -0.25) is 0 Å². The lowest BCUT2D eigenvalue weighted by Gasteiger charge is -2.56. The molecule has 108 valence electrons. The Bertz CT molecular complexity index is 399. The molecule has 0 saturated carbocycles. The van der Waals surface area contributed by atoms with Crippen molar-refractivity contribution >= 4 is 0 Å². The molecule has 0 amide bonds. The molecule has 1 aromatic carbocycles. The fourth-order valence-electron chi connectivity index (χ4n) is 2.22. The van der Waals surface area contributed by atoms with Gasteiger partial charge in [-0.15, -0.1) is 10.2 Å². The Labute approximate surface area is 116 Å². The van der Waals surface area contributed by atoms with Crippen molar-refractivity contribution in [2.75, 3.05) is 13.6 Å². The molecule has 1 atom stereocenters. The highest BCUT2D eigenvalue weighted by molar-refractivity contribution is 5.13. The molecule has 0 aliphatic carbocycles. The van der Waals surface area contributed by atoms with Gasteiger partial charge in [0.1, 0.15) is 6.54 Å². The summed E-state index contributed by atoms with van der Waals surface area (Å²) in [4.78, 5) is 0. The number of rotatable bonds is 2. The number of halogens is 1. The molecule has 6 heteroatoms. The van der Waals surface area contributed by atoms with Crippen LogP contribution in [0.15, 0.2) is 30.3 Å². The minimum absolute atomic E-state index is 0.468. The van der Waals surface area contributed by atoms with Crippen molar-refractivity contribution in [3.8, 4) is 0 Å². The van der Waals surface area contributed by atoms with Crippen LogP contribution in [0.1, 0.15) is 25.8 Å². The van der Waals surface area contributed by atoms with Gasteiger partial charge < -0.3 is 4.48 Å². The largest absolute Gasteiger partial charge is 0.318 e. The third kappa shape index (κ3) is 5.06. The molecular formula is C13H20ClNO4. The summed E-state index contributed by atoms with van der Waals surface area (Å²) in [7, 11) is -2.57. The van der Waals surface area contributed by atoms with Crippen LogP contribution >= 0.6 is 0 Å². The lowest BCUT2D eigenvalue weighted by atomic mass is 9.84. The van der Waals surface area contributed by atoms with E-state index in [1.54, 1.807) is 0 Å². The van der Waals surface area contributed by atoms with Crippen molar-refractivity contribution < 1.29 is 33.4 Å². The highest BCUT2D eigenvalue weighted by Gasteiger charge is 2.49.